The molecule has 4 aromatic carbocycles. The van der Waals surface area contributed by atoms with Crippen molar-refractivity contribution >= 4 is 39.9 Å². The average molecular weight is 303 g/mol. The Balaban J connectivity index is 0.000000131. The van der Waals surface area contributed by atoms with Gasteiger partial charge in [0.05, 0.1) is 0 Å². The number of nitrogens with two attached hydrogens (primary N) is 1. The minimum Gasteiger partial charge on any atom is -0.399 e. The summed E-state index contributed by atoms with van der Waals surface area (Å²) in [5.41, 5.74) is 6.45. The summed E-state index contributed by atoms with van der Waals surface area (Å²) in [5.74, 6) is 0. The largest absolute Gasteiger partial charge is 0.399 e. The number of hydrogen-bond acceptors (Lipinski definition) is 2. The molecule has 0 heterocycles. The van der Waals surface area contributed by atoms with Gasteiger partial charge in [-0.1, -0.05) is 60.7 Å². The number of fused-ring (bicyclic) bond motifs is 2. The van der Waals surface area contributed by atoms with Gasteiger partial charge in [0, 0.05) is 10.6 Å². The molecular weight excluding hydrogens is 286 g/mol. The molecule has 0 saturated carbocycles. The van der Waals surface area contributed by atoms with E-state index in [1.54, 1.807) is 0 Å². The minimum atomic E-state index is 0.823. The third-order valence-electron chi connectivity index (χ3n) is 3.51. The Kier molecular flexibility index (Phi) is 4.31. The van der Waals surface area contributed by atoms with Gasteiger partial charge in [0.1, 0.15) is 0 Å². The highest BCUT2D eigenvalue weighted by molar-refractivity contribution is 7.80. The van der Waals surface area contributed by atoms with Gasteiger partial charge < -0.3 is 5.73 Å². The fourth-order valence-electron chi connectivity index (χ4n) is 2.38. The molecule has 108 valence electrons. The Morgan fingerprint density at radius 3 is 1.68 bits per heavy atom. The molecule has 4 rings (SSSR count). The van der Waals surface area contributed by atoms with Crippen molar-refractivity contribution in [2.75, 3.05) is 5.73 Å². The van der Waals surface area contributed by atoms with Crippen LogP contribution in [0.15, 0.2) is 89.8 Å². The molecule has 2 N–H and O–H groups in total. The van der Waals surface area contributed by atoms with Crippen LogP contribution in [0.25, 0.3) is 21.5 Å². The van der Waals surface area contributed by atoms with Crippen LogP contribution in [-0.4, -0.2) is 0 Å². The monoisotopic (exact) mass is 303 g/mol. The van der Waals surface area contributed by atoms with E-state index in [2.05, 4.69) is 49.0 Å². The molecule has 0 aromatic heterocycles. The van der Waals surface area contributed by atoms with Crippen LogP contribution >= 0.6 is 12.6 Å². The number of hydrogen-bond donors (Lipinski definition) is 2. The summed E-state index contributed by atoms with van der Waals surface area (Å²) in [4.78, 5) is 1.02. The molecule has 0 aliphatic carbocycles. The summed E-state index contributed by atoms with van der Waals surface area (Å²) < 4.78 is 0. The van der Waals surface area contributed by atoms with E-state index in [-0.39, 0.29) is 0 Å². The summed E-state index contributed by atoms with van der Waals surface area (Å²) >= 11 is 4.26. The first kappa shape index (κ1) is 14.5. The molecule has 0 radical (unpaired) electrons. The molecule has 0 atom stereocenters. The van der Waals surface area contributed by atoms with Crippen LogP contribution in [-0.2, 0) is 0 Å². The molecule has 0 aliphatic rings. The van der Waals surface area contributed by atoms with Crippen LogP contribution in [0, 0.1) is 0 Å². The molecule has 4 aromatic rings. The Morgan fingerprint density at radius 1 is 0.545 bits per heavy atom. The van der Waals surface area contributed by atoms with Gasteiger partial charge in [-0.05, 0) is 45.8 Å². The van der Waals surface area contributed by atoms with Crippen molar-refractivity contribution in [1.29, 1.82) is 0 Å². The van der Waals surface area contributed by atoms with Gasteiger partial charge in [-0.2, -0.15) is 0 Å². The minimum absolute atomic E-state index is 0.823. The van der Waals surface area contributed by atoms with Crippen molar-refractivity contribution in [3.63, 3.8) is 0 Å². The molecule has 0 aliphatic heterocycles. The second-order valence-corrected chi connectivity index (χ2v) is 5.65. The van der Waals surface area contributed by atoms with E-state index < -0.39 is 0 Å². The van der Waals surface area contributed by atoms with Gasteiger partial charge >= 0.3 is 0 Å². The highest BCUT2D eigenvalue weighted by Gasteiger charge is 1.90. The highest BCUT2D eigenvalue weighted by atomic mass is 32.1. The molecule has 0 unspecified atom stereocenters. The Morgan fingerprint density at radius 2 is 1.05 bits per heavy atom. The fourth-order valence-corrected chi connectivity index (χ4v) is 2.60. The maximum atomic E-state index is 5.62. The molecule has 2 heteroatoms. The number of nitrogen functional groups attached to an aromatic ring is 1. The lowest BCUT2D eigenvalue weighted by molar-refractivity contribution is 1.53. The van der Waals surface area contributed by atoms with Gasteiger partial charge in [-0.3, -0.25) is 0 Å². The van der Waals surface area contributed by atoms with Gasteiger partial charge in [-0.25, -0.2) is 0 Å². The smallest absolute Gasteiger partial charge is 0.0320 e. The fraction of sp³-hybridized carbons (Fsp3) is 0. The molecule has 0 amide bonds. The average Bonchev–Trinajstić information content (AvgIpc) is 2.55. The zero-order valence-corrected chi connectivity index (χ0v) is 13.0. The van der Waals surface area contributed by atoms with Gasteiger partial charge in [-0.15, -0.1) is 12.6 Å². The van der Waals surface area contributed by atoms with E-state index in [1.165, 1.54) is 21.5 Å². The first-order valence-electron chi connectivity index (χ1n) is 7.14. The summed E-state index contributed by atoms with van der Waals surface area (Å²) in [7, 11) is 0. The van der Waals surface area contributed by atoms with Crippen molar-refractivity contribution in [1.82, 2.24) is 0 Å². The summed E-state index contributed by atoms with van der Waals surface area (Å²) in [6, 6.07) is 28.5. The maximum absolute atomic E-state index is 5.62. The summed E-state index contributed by atoms with van der Waals surface area (Å²) in [5, 5.41) is 4.96. The third kappa shape index (κ3) is 3.41. The summed E-state index contributed by atoms with van der Waals surface area (Å²) in [6.07, 6.45) is 0. The van der Waals surface area contributed by atoms with E-state index in [0.29, 0.717) is 0 Å². The van der Waals surface area contributed by atoms with Crippen molar-refractivity contribution < 1.29 is 0 Å². The maximum Gasteiger partial charge on any atom is 0.0320 e. The quantitative estimate of drug-likeness (QED) is 0.323. The lowest BCUT2D eigenvalue weighted by atomic mass is 10.1. The van der Waals surface area contributed by atoms with Crippen LogP contribution in [0.1, 0.15) is 0 Å². The van der Waals surface area contributed by atoms with Crippen LogP contribution in [0.2, 0.25) is 0 Å². The lowest BCUT2D eigenvalue weighted by Gasteiger charge is -1.96. The first-order chi connectivity index (χ1) is 10.7. The SMILES string of the molecule is Nc1ccc2ccccc2c1.Sc1ccc2ccccc2c1. The predicted molar refractivity (Wildman–Crippen MR) is 99.6 cm³/mol. The van der Waals surface area contributed by atoms with E-state index in [1.807, 2.05) is 48.5 Å². The van der Waals surface area contributed by atoms with E-state index in [0.717, 1.165) is 10.6 Å². The Hall–Kier alpha value is -2.45. The van der Waals surface area contributed by atoms with Crippen LogP contribution in [0.5, 0.6) is 0 Å². The van der Waals surface area contributed by atoms with E-state index in [9.17, 15) is 0 Å². The van der Waals surface area contributed by atoms with Gasteiger partial charge in [0.25, 0.3) is 0 Å². The first-order valence-corrected chi connectivity index (χ1v) is 7.59. The standard InChI is InChI=1S/C10H9N.C10H8S/c2*11-10-6-5-8-3-1-2-4-9(8)7-10/h1-7H,11H2;1-7,11H. The molecule has 1 nitrogen and oxygen atoms in total. The van der Waals surface area contributed by atoms with Crippen LogP contribution in [0.4, 0.5) is 5.69 Å². The number of rotatable bonds is 0. The van der Waals surface area contributed by atoms with Crippen molar-refractivity contribution in [2.45, 2.75) is 4.90 Å². The van der Waals surface area contributed by atoms with Crippen molar-refractivity contribution in [3.05, 3.63) is 84.9 Å². The zero-order valence-electron chi connectivity index (χ0n) is 12.1. The number of anilines is 1. The van der Waals surface area contributed by atoms with Crippen LogP contribution in [0.3, 0.4) is 0 Å². The summed E-state index contributed by atoms with van der Waals surface area (Å²) in [6.45, 7) is 0. The molecule has 0 bridgehead atoms. The van der Waals surface area contributed by atoms with Crippen molar-refractivity contribution in [3.8, 4) is 0 Å². The Labute approximate surface area is 135 Å². The molecule has 22 heavy (non-hydrogen) atoms. The second-order valence-electron chi connectivity index (χ2n) is 5.14. The topological polar surface area (TPSA) is 26.0 Å². The third-order valence-corrected chi connectivity index (χ3v) is 3.78. The van der Waals surface area contributed by atoms with Gasteiger partial charge in [0.15, 0.2) is 0 Å². The second kappa shape index (κ2) is 6.54. The number of thiol groups is 1. The number of benzene rings is 4. The predicted octanol–water partition coefficient (Wildman–Crippen LogP) is 5.55. The molecule has 0 spiro atoms. The zero-order chi connectivity index (χ0) is 15.4. The van der Waals surface area contributed by atoms with E-state index >= 15 is 0 Å². The van der Waals surface area contributed by atoms with Crippen molar-refractivity contribution in [2.24, 2.45) is 0 Å². The molecular formula is C20H17NS. The van der Waals surface area contributed by atoms with E-state index in [4.69, 9.17) is 5.73 Å². The lowest BCUT2D eigenvalue weighted by Crippen LogP contribution is -1.82. The van der Waals surface area contributed by atoms with Crippen LogP contribution < -0.4 is 5.73 Å². The molecule has 0 saturated heterocycles. The highest BCUT2D eigenvalue weighted by Crippen LogP contribution is 2.17. The Bertz CT molecular complexity index is 838. The van der Waals surface area contributed by atoms with Gasteiger partial charge in [0.2, 0.25) is 0 Å². The normalized spacial score (nSPS) is 10.2. The molecule has 0 fully saturated rings.